The summed E-state index contributed by atoms with van der Waals surface area (Å²) < 4.78 is 1.70. The first kappa shape index (κ1) is 26.4. The number of anilines is 2. The lowest BCUT2D eigenvalue weighted by Crippen LogP contribution is -2.48. The largest absolute Gasteiger partial charge is 0.465 e. The minimum Gasteiger partial charge on any atom is -0.465 e. The molecule has 0 bridgehead atoms. The average molecular weight is 546 g/mol. The number of amides is 2. The lowest BCUT2D eigenvalue weighted by molar-refractivity contribution is 0.103. The van der Waals surface area contributed by atoms with Gasteiger partial charge in [0.05, 0.1) is 28.6 Å². The summed E-state index contributed by atoms with van der Waals surface area (Å²) in [6.07, 6.45) is 4.46. The van der Waals surface area contributed by atoms with Crippen LogP contribution in [-0.4, -0.2) is 68.2 Å². The second-order valence-corrected chi connectivity index (χ2v) is 11.7. The summed E-state index contributed by atoms with van der Waals surface area (Å²) in [5.74, 6) is -0.142. The SMILES string of the molecule is Cc1ccc(NC(=O)c2ccc(C(C)(C)C)s2)cc1-n1cc(-c2cncc(N3CCN(C(=O)O)CC3)c2)nn1. The average Bonchev–Trinajstić information content (AvgIpc) is 3.61. The number of pyridine rings is 1. The number of nitrogens with zero attached hydrogens (tertiary/aromatic N) is 6. The summed E-state index contributed by atoms with van der Waals surface area (Å²) in [5.41, 5.74) is 4.85. The number of benzene rings is 1. The molecule has 1 saturated heterocycles. The van der Waals surface area contributed by atoms with Gasteiger partial charge in [-0.05, 0) is 48.2 Å². The van der Waals surface area contributed by atoms with Gasteiger partial charge >= 0.3 is 6.09 Å². The highest BCUT2D eigenvalue weighted by Gasteiger charge is 2.22. The molecule has 0 aliphatic carbocycles. The Hall–Kier alpha value is -4.25. The van der Waals surface area contributed by atoms with Gasteiger partial charge in [0.1, 0.15) is 5.69 Å². The highest BCUT2D eigenvalue weighted by Crippen LogP contribution is 2.30. The van der Waals surface area contributed by atoms with Crippen LogP contribution in [0.3, 0.4) is 0 Å². The summed E-state index contributed by atoms with van der Waals surface area (Å²) in [7, 11) is 0. The van der Waals surface area contributed by atoms with Crippen LogP contribution in [0.25, 0.3) is 16.9 Å². The lowest BCUT2D eigenvalue weighted by atomic mass is 9.95. The molecule has 5 rings (SSSR count). The van der Waals surface area contributed by atoms with Crippen LogP contribution < -0.4 is 10.2 Å². The second-order valence-electron chi connectivity index (χ2n) is 10.6. The summed E-state index contributed by atoms with van der Waals surface area (Å²) in [6, 6.07) is 11.6. The highest BCUT2D eigenvalue weighted by molar-refractivity contribution is 7.14. The van der Waals surface area contributed by atoms with Gasteiger partial charge in [0.2, 0.25) is 0 Å². The van der Waals surface area contributed by atoms with Crippen LogP contribution in [0.5, 0.6) is 0 Å². The molecule has 0 unspecified atom stereocenters. The van der Waals surface area contributed by atoms with Gasteiger partial charge in [0.15, 0.2) is 0 Å². The van der Waals surface area contributed by atoms with E-state index in [4.69, 9.17) is 0 Å². The summed E-state index contributed by atoms with van der Waals surface area (Å²) >= 11 is 1.51. The Balaban J connectivity index is 1.32. The van der Waals surface area contributed by atoms with E-state index in [1.54, 1.807) is 17.1 Å². The Morgan fingerprint density at radius 3 is 2.49 bits per heavy atom. The number of carboxylic acid groups (broad SMARTS) is 1. The third-order valence-corrected chi connectivity index (χ3v) is 8.22. The van der Waals surface area contributed by atoms with E-state index < -0.39 is 6.09 Å². The predicted molar refractivity (Wildman–Crippen MR) is 152 cm³/mol. The number of aryl methyl sites for hydroxylation is 1. The van der Waals surface area contributed by atoms with E-state index in [0.717, 1.165) is 27.4 Å². The summed E-state index contributed by atoms with van der Waals surface area (Å²) in [5, 5.41) is 20.9. The summed E-state index contributed by atoms with van der Waals surface area (Å²) in [6.45, 7) is 10.5. The maximum Gasteiger partial charge on any atom is 0.407 e. The summed E-state index contributed by atoms with van der Waals surface area (Å²) in [4.78, 5) is 33.9. The molecule has 1 aliphatic rings. The van der Waals surface area contributed by atoms with Gasteiger partial charge < -0.3 is 20.2 Å². The molecule has 10 nitrogen and oxygen atoms in total. The predicted octanol–water partition coefficient (Wildman–Crippen LogP) is 5.05. The molecular formula is C28H31N7O3S. The molecule has 2 amide bonds. The van der Waals surface area contributed by atoms with Gasteiger partial charge in [-0.15, -0.1) is 16.4 Å². The minimum absolute atomic E-state index is 0.00457. The lowest BCUT2D eigenvalue weighted by Gasteiger charge is -2.34. The zero-order valence-electron chi connectivity index (χ0n) is 22.4. The molecule has 2 N–H and O–H groups in total. The molecule has 0 saturated carbocycles. The van der Waals surface area contributed by atoms with E-state index in [1.165, 1.54) is 16.2 Å². The van der Waals surface area contributed by atoms with E-state index in [2.05, 4.69) is 46.3 Å². The fourth-order valence-corrected chi connectivity index (χ4v) is 5.36. The zero-order valence-corrected chi connectivity index (χ0v) is 23.2. The number of carbonyl (C=O) groups is 2. The Labute approximate surface area is 230 Å². The maximum atomic E-state index is 12.9. The smallest absolute Gasteiger partial charge is 0.407 e. The molecular weight excluding hydrogens is 514 g/mol. The molecule has 39 heavy (non-hydrogen) atoms. The molecule has 3 aromatic heterocycles. The van der Waals surface area contributed by atoms with Crippen molar-refractivity contribution in [2.24, 2.45) is 0 Å². The van der Waals surface area contributed by atoms with Gasteiger partial charge in [-0.2, -0.15) is 0 Å². The fourth-order valence-electron chi connectivity index (χ4n) is 4.40. The molecule has 0 radical (unpaired) electrons. The Morgan fingerprint density at radius 2 is 1.79 bits per heavy atom. The van der Waals surface area contributed by atoms with Crippen molar-refractivity contribution in [3.05, 3.63) is 70.3 Å². The first-order chi connectivity index (χ1) is 18.6. The van der Waals surface area contributed by atoms with Crippen molar-refractivity contribution in [3.8, 4) is 16.9 Å². The van der Waals surface area contributed by atoms with Crippen LogP contribution >= 0.6 is 11.3 Å². The van der Waals surface area contributed by atoms with Crippen molar-refractivity contribution in [3.63, 3.8) is 0 Å². The number of thiophene rings is 1. The van der Waals surface area contributed by atoms with Crippen molar-refractivity contribution < 1.29 is 14.7 Å². The molecule has 4 aromatic rings. The van der Waals surface area contributed by atoms with Gasteiger partial charge in [-0.1, -0.05) is 32.1 Å². The van der Waals surface area contributed by atoms with E-state index in [-0.39, 0.29) is 11.3 Å². The van der Waals surface area contributed by atoms with E-state index in [9.17, 15) is 14.7 Å². The number of aromatic nitrogens is 4. The maximum absolute atomic E-state index is 12.9. The number of rotatable bonds is 5. The van der Waals surface area contributed by atoms with Crippen LogP contribution in [0.1, 0.15) is 40.9 Å². The van der Waals surface area contributed by atoms with Gasteiger partial charge in [-0.25, -0.2) is 9.48 Å². The van der Waals surface area contributed by atoms with Gasteiger partial charge in [-0.3, -0.25) is 9.78 Å². The van der Waals surface area contributed by atoms with E-state index >= 15 is 0 Å². The first-order valence-electron chi connectivity index (χ1n) is 12.7. The highest BCUT2D eigenvalue weighted by atomic mass is 32.1. The zero-order chi connectivity index (χ0) is 27.7. The van der Waals surface area contributed by atoms with Crippen LogP contribution in [0.4, 0.5) is 16.2 Å². The van der Waals surface area contributed by atoms with Gasteiger partial charge in [0, 0.05) is 48.5 Å². The quantitative estimate of drug-likeness (QED) is 0.360. The fraction of sp³-hybridized carbons (Fsp3) is 0.321. The van der Waals surface area contributed by atoms with Crippen LogP contribution in [0, 0.1) is 6.92 Å². The topological polar surface area (TPSA) is 116 Å². The second kappa shape index (κ2) is 10.5. The van der Waals surface area contributed by atoms with Crippen molar-refractivity contribution in [2.45, 2.75) is 33.1 Å². The molecule has 0 atom stereocenters. The van der Waals surface area contributed by atoms with Crippen molar-refractivity contribution in [2.75, 3.05) is 36.4 Å². The Bertz CT molecular complexity index is 1510. The number of hydrogen-bond acceptors (Lipinski definition) is 7. The van der Waals surface area contributed by atoms with Crippen molar-refractivity contribution in [1.29, 1.82) is 0 Å². The monoisotopic (exact) mass is 545 g/mol. The molecule has 202 valence electrons. The number of carbonyl (C=O) groups excluding carboxylic acids is 1. The molecule has 0 spiro atoms. The number of piperazine rings is 1. The van der Waals surface area contributed by atoms with Crippen molar-refractivity contribution >= 4 is 34.7 Å². The van der Waals surface area contributed by atoms with E-state index in [0.29, 0.717) is 42.4 Å². The standard InChI is InChI=1S/C28H31N7O3S/c1-18-5-6-20(30-26(36)24-7-8-25(39-24)28(2,3)4)14-23(18)35-17-22(31-32-35)19-13-21(16-29-15-19)33-9-11-34(12-10-33)27(37)38/h5-8,13-17H,9-12H2,1-4H3,(H,30,36)(H,37,38). The minimum atomic E-state index is -0.890. The normalized spacial score (nSPS) is 13.9. The molecule has 1 aliphatic heterocycles. The third kappa shape index (κ3) is 5.78. The molecule has 1 fully saturated rings. The Kier molecular flexibility index (Phi) is 7.09. The molecule has 1 aromatic carbocycles. The Morgan fingerprint density at radius 1 is 1.03 bits per heavy atom. The first-order valence-corrected chi connectivity index (χ1v) is 13.5. The van der Waals surface area contributed by atoms with Crippen molar-refractivity contribution in [1.82, 2.24) is 24.9 Å². The molecule has 4 heterocycles. The van der Waals surface area contributed by atoms with Crippen LogP contribution in [0.15, 0.2) is 55.0 Å². The number of hydrogen-bond donors (Lipinski definition) is 2. The van der Waals surface area contributed by atoms with E-state index in [1.807, 2.05) is 49.5 Å². The van der Waals surface area contributed by atoms with Gasteiger partial charge in [0.25, 0.3) is 5.91 Å². The number of nitrogens with one attached hydrogen (secondary N) is 1. The van der Waals surface area contributed by atoms with Crippen LogP contribution in [0.2, 0.25) is 0 Å². The third-order valence-electron chi connectivity index (χ3n) is 6.71. The van der Waals surface area contributed by atoms with Crippen LogP contribution in [-0.2, 0) is 5.41 Å². The molecule has 11 heteroatoms.